The summed E-state index contributed by atoms with van der Waals surface area (Å²) in [6, 6.07) is 17.7. The van der Waals surface area contributed by atoms with Crippen molar-refractivity contribution in [3.8, 4) is 5.75 Å². The van der Waals surface area contributed by atoms with E-state index in [1.54, 1.807) is 7.11 Å². The van der Waals surface area contributed by atoms with E-state index in [9.17, 15) is 4.79 Å². The van der Waals surface area contributed by atoms with Crippen LogP contribution in [-0.4, -0.2) is 24.0 Å². The van der Waals surface area contributed by atoms with E-state index >= 15 is 0 Å². The normalized spacial score (nSPS) is 15.0. The Morgan fingerprint density at radius 3 is 2.58 bits per heavy atom. The van der Waals surface area contributed by atoms with E-state index in [1.165, 1.54) is 12.8 Å². The van der Waals surface area contributed by atoms with E-state index in [0.717, 1.165) is 22.3 Å². The monoisotopic (exact) mass is 349 g/mol. The molecule has 2 aromatic carbocycles. The molecule has 0 bridgehead atoms. The van der Waals surface area contributed by atoms with Gasteiger partial charge in [0.2, 0.25) is 0 Å². The van der Waals surface area contributed by atoms with Crippen LogP contribution < -0.4 is 4.74 Å². The number of hydrogen-bond donors (Lipinski definition) is 0. The summed E-state index contributed by atoms with van der Waals surface area (Å²) in [5, 5.41) is 0.958. The topological polar surface area (TPSA) is 42.7 Å². The quantitative estimate of drug-likeness (QED) is 0.637. The Balaban J connectivity index is 1.62. The van der Waals surface area contributed by atoms with Gasteiger partial charge in [0.1, 0.15) is 11.3 Å². The van der Waals surface area contributed by atoms with Gasteiger partial charge in [0.25, 0.3) is 5.91 Å². The average Bonchev–Trinajstić information content (AvgIpc) is 3.44. The van der Waals surface area contributed by atoms with Gasteiger partial charge in [-0.1, -0.05) is 30.3 Å². The first-order chi connectivity index (χ1) is 12.7. The van der Waals surface area contributed by atoms with Crippen molar-refractivity contribution < 1.29 is 13.9 Å². The number of ether oxygens (including phenoxy) is 1. The Hall–Kier alpha value is -2.75. The Kier molecular flexibility index (Phi) is 4.41. The standard InChI is InChI=1S/C22H23NO3/c1-15(17-9-10-17)23(14-16-7-11-19(25-2)12-8-16)22(24)21-13-18-5-3-4-6-20(18)26-21/h3-8,11-13,15,17H,9-10,14H2,1-2H3. The summed E-state index contributed by atoms with van der Waals surface area (Å²) in [4.78, 5) is 15.2. The number of hydrogen-bond acceptors (Lipinski definition) is 3. The minimum Gasteiger partial charge on any atom is -0.497 e. The molecule has 1 amide bonds. The van der Waals surface area contributed by atoms with E-state index in [1.807, 2.05) is 59.5 Å². The van der Waals surface area contributed by atoms with Crippen LogP contribution in [-0.2, 0) is 6.54 Å². The van der Waals surface area contributed by atoms with Gasteiger partial charge < -0.3 is 14.1 Å². The van der Waals surface area contributed by atoms with Crippen LogP contribution in [0.15, 0.2) is 59.0 Å². The Morgan fingerprint density at radius 1 is 1.19 bits per heavy atom. The summed E-state index contributed by atoms with van der Waals surface area (Å²) in [6.07, 6.45) is 2.38. The smallest absolute Gasteiger partial charge is 0.290 e. The van der Waals surface area contributed by atoms with Crippen LogP contribution in [0.5, 0.6) is 5.75 Å². The van der Waals surface area contributed by atoms with Gasteiger partial charge in [0.05, 0.1) is 7.11 Å². The van der Waals surface area contributed by atoms with E-state index in [0.29, 0.717) is 18.2 Å². The van der Waals surface area contributed by atoms with Crippen molar-refractivity contribution >= 4 is 16.9 Å². The number of rotatable bonds is 6. The second-order valence-electron chi connectivity index (χ2n) is 7.01. The highest BCUT2D eigenvalue weighted by molar-refractivity contribution is 5.96. The zero-order chi connectivity index (χ0) is 18.1. The third-order valence-electron chi connectivity index (χ3n) is 5.20. The molecule has 134 valence electrons. The van der Waals surface area contributed by atoms with Gasteiger partial charge in [0, 0.05) is 18.0 Å². The van der Waals surface area contributed by atoms with Crippen molar-refractivity contribution in [1.82, 2.24) is 4.90 Å². The number of nitrogens with zero attached hydrogens (tertiary/aromatic N) is 1. The molecule has 4 heteroatoms. The van der Waals surface area contributed by atoms with Gasteiger partial charge in [-0.3, -0.25) is 4.79 Å². The lowest BCUT2D eigenvalue weighted by atomic mass is 10.1. The van der Waals surface area contributed by atoms with Crippen LogP contribution in [0, 0.1) is 5.92 Å². The third-order valence-corrected chi connectivity index (χ3v) is 5.20. The summed E-state index contributed by atoms with van der Waals surface area (Å²) in [7, 11) is 1.65. The summed E-state index contributed by atoms with van der Waals surface area (Å²) >= 11 is 0. The Morgan fingerprint density at radius 2 is 1.92 bits per heavy atom. The molecule has 0 aliphatic heterocycles. The summed E-state index contributed by atoms with van der Waals surface area (Å²) in [5.41, 5.74) is 1.84. The van der Waals surface area contributed by atoms with Crippen molar-refractivity contribution in [2.45, 2.75) is 32.4 Å². The highest BCUT2D eigenvalue weighted by atomic mass is 16.5. The maximum Gasteiger partial charge on any atom is 0.290 e. The number of fused-ring (bicyclic) bond motifs is 1. The van der Waals surface area contributed by atoms with Crippen molar-refractivity contribution in [3.05, 3.63) is 65.9 Å². The molecular weight excluding hydrogens is 326 g/mol. The van der Waals surface area contributed by atoms with Gasteiger partial charge in [-0.2, -0.15) is 0 Å². The molecule has 1 heterocycles. The van der Waals surface area contributed by atoms with Crippen molar-refractivity contribution in [2.75, 3.05) is 7.11 Å². The first-order valence-corrected chi connectivity index (χ1v) is 9.08. The first kappa shape index (κ1) is 16.7. The molecule has 0 spiro atoms. The SMILES string of the molecule is COc1ccc(CN(C(=O)c2cc3ccccc3o2)C(C)C2CC2)cc1. The van der Waals surface area contributed by atoms with E-state index in [4.69, 9.17) is 9.15 Å². The fourth-order valence-corrected chi connectivity index (χ4v) is 3.39. The van der Waals surface area contributed by atoms with Crippen LogP contribution in [0.25, 0.3) is 11.0 Å². The second-order valence-corrected chi connectivity index (χ2v) is 7.01. The van der Waals surface area contributed by atoms with Crippen LogP contribution in [0.3, 0.4) is 0 Å². The molecule has 1 aliphatic rings. The molecule has 3 aromatic rings. The number of benzene rings is 2. The van der Waals surface area contributed by atoms with Gasteiger partial charge in [0.15, 0.2) is 5.76 Å². The lowest BCUT2D eigenvalue weighted by Crippen LogP contribution is -2.39. The second kappa shape index (κ2) is 6.87. The summed E-state index contributed by atoms with van der Waals surface area (Å²) in [5.74, 6) is 1.77. The number of carbonyl (C=O) groups is 1. The fraction of sp³-hybridized carbons (Fsp3) is 0.318. The van der Waals surface area contributed by atoms with E-state index in [2.05, 4.69) is 6.92 Å². The first-order valence-electron chi connectivity index (χ1n) is 9.08. The number of methoxy groups -OCH3 is 1. The average molecular weight is 349 g/mol. The molecule has 0 N–H and O–H groups in total. The van der Waals surface area contributed by atoms with Crippen LogP contribution in [0.4, 0.5) is 0 Å². The number of carbonyl (C=O) groups excluding carboxylic acids is 1. The molecule has 1 unspecified atom stereocenters. The molecule has 0 radical (unpaired) electrons. The predicted octanol–water partition coefficient (Wildman–Crippen LogP) is 4.88. The zero-order valence-electron chi connectivity index (χ0n) is 15.1. The molecule has 1 aromatic heterocycles. The number of para-hydroxylation sites is 1. The van der Waals surface area contributed by atoms with Gasteiger partial charge in [-0.05, 0) is 55.5 Å². The molecule has 1 saturated carbocycles. The summed E-state index contributed by atoms with van der Waals surface area (Å²) < 4.78 is 11.0. The minimum absolute atomic E-state index is 0.0450. The largest absolute Gasteiger partial charge is 0.497 e. The number of amides is 1. The molecular formula is C22H23NO3. The van der Waals surface area contributed by atoms with Crippen molar-refractivity contribution in [1.29, 1.82) is 0 Å². The highest BCUT2D eigenvalue weighted by Crippen LogP contribution is 2.36. The zero-order valence-corrected chi connectivity index (χ0v) is 15.1. The molecule has 0 saturated heterocycles. The lowest BCUT2D eigenvalue weighted by Gasteiger charge is -2.29. The van der Waals surface area contributed by atoms with Crippen molar-refractivity contribution in [3.63, 3.8) is 0 Å². The molecule has 1 fully saturated rings. The third kappa shape index (κ3) is 3.32. The van der Waals surface area contributed by atoms with Gasteiger partial charge >= 0.3 is 0 Å². The van der Waals surface area contributed by atoms with Gasteiger partial charge in [-0.15, -0.1) is 0 Å². The highest BCUT2D eigenvalue weighted by Gasteiger charge is 2.35. The van der Waals surface area contributed by atoms with Crippen LogP contribution in [0.2, 0.25) is 0 Å². The van der Waals surface area contributed by atoms with Crippen LogP contribution >= 0.6 is 0 Å². The molecule has 26 heavy (non-hydrogen) atoms. The lowest BCUT2D eigenvalue weighted by molar-refractivity contribution is 0.0624. The fourth-order valence-electron chi connectivity index (χ4n) is 3.39. The predicted molar refractivity (Wildman–Crippen MR) is 101 cm³/mol. The molecule has 1 atom stereocenters. The van der Waals surface area contributed by atoms with Gasteiger partial charge in [-0.25, -0.2) is 0 Å². The molecule has 4 nitrogen and oxygen atoms in total. The van der Waals surface area contributed by atoms with Crippen molar-refractivity contribution in [2.24, 2.45) is 5.92 Å². The van der Waals surface area contributed by atoms with E-state index < -0.39 is 0 Å². The summed E-state index contributed by atoms with van der Waals surface area (Å²) in [6.45, 7) is 2.71. The maximum atomic E-state index is 13.2. The van der Waals surface area contributed by atoms with Crippen LogP contribution in [0.1, 0.15) is 35.9 Å². The Labute approximate surface area is 153 Å². The maximum absolute atomic E-state index is 13.2. The molecule has 1 aliphatic carbocycles. The minimum atomic E-state index is -0.0450. The Bertz CT molecular complexity index is 876. The van der Waals surface area contributed by atoms with E-state index in [-0.39, 0.29) is 11.9 Å². The molecule has 4 rings (SSSR count). The number of furan rings is 1.